The van der Waals surface area contributed by atoms with Gasteiger partial charge in [0.2, 0.25) is 11.8 Å². The molecule has 372 valence electrons. The van der Waals surface area contributed by atoms with Gasteiger partial charge in [-0.05, 0) is 98.9 Å². The second-order valence-electron chi connectivity index (χ2n) is 17.6. The van der Waals surface area contributed by atoms with E-state index in [1.54, 1.807) is 0 Å². The molecule has 0 unspecified atom stereocenters. The van der Waals surface area contributed by atoms with Gasteiger partial charge in [0.15, 0.2) is 19.7 Å². The quantitative estimate of drug-likeness (QED) is 0.128. The predicted octanol–water partition coefficient (Wildman–Crippen LogP) is 8.32. The molecule has 6 atom stereocenters. The number of aromatic nitrogens is 2. The van der Waals surface area contributed by atoms with E-state index in [1.165, 1.54) is 63.3 Å². The normalized spacial score (nSPS) is 23.5. The maximum absolute atomic E-state index is 14.0. The molecule has 14 nitrogen and oxygen atoms in total. The van der Waals surface area contributed by atoms with Crippen LogP contribution in [0.15, 0.2) is 83.1 Å². The highest BCUT2D eigenvalue weighted by molar-refractivity contribution is 7.92. The van der Waals surface area contributed by atoms with E-state index in [9.17, 15) is 63.3 Å². The molecule has 4 saturated carbocycles. The topological polar surface area (TPSA) is 218 Å². The fourth-order valence-corrected chi connectivity index (χ4v) is 13.1. The van der Waals surface area contributed by atoms with Crippen LogP contribution in [-0.4, -0.2) is 86.6 Å². The van der Waals surface area contributed by atoms with E-state index in [1.807, 2.05) is 12.1 Å². The second-order valence-corrected chi connectivity index (χ2v) is 22.9. The third-order valence-electron chi connectivity index (χ3n) is 13.0. The molecular formula is C46H42Cl2F6N6O8S2. The van der Waals surface area contributed by atoms with Crippen LogP contribution in [0.1, 0.15) is 62.5 Å². The van der Waals surface area contributed by atoms with Gasteiger partial charge in [0.25, 0.3) is 0 Å². The van der Waals surface area contributed by atoms with Crippen LogP contribution in [0.4, 0.5) is 26.3 Å². The van der Waals surface area contributed by atoms with Gasteiger partial charge in [-0.15, -0.1) is 0 Å². The van der Waals surface area contributed by atoms with Crippen molar-refractivity contribution in [2.24, 2.45) is 11.8 Å². The van der Waals surface area contributed by atoms with Crippen LogP contribution in [-0.2, 0) is 51.1 Å². The van der Waals surface area contributed by atoms with E-state index in [2.05, 4.69) is 20.6 Å². The largest absolute Gasteiger partial charge is 0.417 e. The molecule has 70 heavy (non-hydrogen) atoms. The third kappa shape index (κ3) is 11.1. The first-order valence-electron chi connectivity index (χ1n) is 21.4. The first-order chi connectivity index (χ1) is 32.8. The van der Waals surface area contributed by atoms with E-state index in [-0.39, 0.29) is 46.9 Å². The number of alkyl halides is 6. The van der Waals surface area contributed by atoms with Crippen molar-refractivity contribution in [2.75, 3.05) is 14.2 Å². The Morgan fingerprint density at radius 2 is 0.971 bits per heavy atom. The Morgan fingerprint density at radius 1 is 0.614 bits per heavy atom. The van der Waals surface area contributed by atoms with E-state index in [4.69, 9.17) is 32.7 Å². The van der Waals surface area contributed by atoms with E-state index >= 15 is 0 Å². The van der Waals surface area contributed by atoms with Crippen LogP contribution in [0.5, 0.6) is 0 Å². The number of carbonyl (C=O) groups excluding carboxylic acids is 2. The molecule has 0 bridgehead atoms. The molecule has 4 aromatic rings. The van der Waals surface area contributed by atoms with Crippen LogP contribution < -0.4 is 10.6 Å². The van der Waals surface area contributed by atoms with Gasteiger partial charge < -0.3 is 20.1 Å². The summed E-state index contributed by atoms with van der Waals surface area (Å²) in [5, 5.41) is 21.6. The average molecular weight is 1060 g/mol. The van der Waals surface area contributed by atoms with Gasteiger partial charge in [-0.25, -0.2) is 16.8 Å². The number of hydrogen-bond acceptors (Lipinski definition) is 12. The zero-order valence-corrected chi connectivity index (χ0v) is 40.1. The molecule has 2 amide bonds. The SMILES string of the molecule is CO[C@@H]1C[C@H](S(=O)(=O)c2ccc(-c3cncc(Cl)c3)cc2C(F)(F)F)C[C@H]1C(=O)NC1(C#N)CC1.CO[C@H]1C[C@@H](S(=O)(=O)c2ccc(-c3cncc(Cl)c3)cc2C(F)(F)F)C[C@@H]1C(=O)NC1(C#N)CC1. The van der Waals surface area contributed by atoms with Crippen LogP contribution in [0.2, 0.25) is 10.0 Å². The monoisotopic (exact) mass is 1050 g/mol. The summed E-state index contributed by atoms with van der Waals surface area (Å²) >= 11 is 11.8. The van der Waals surface area contributed by atoms with Gasteiger partial charge in [-0.2, -0.15) is 36.9 Å². The molecule has 0 spiro atoms. The molecule has 2 N–H and O–H groups in total. The second kappa shape index (κ2) is 19.7. The molecule has 24 heteroatoms. The van der Waals surface area contributed by atoms with E-state index in [0.29, 0.717) is 36.8 Å². The lowest BCUT2D eigenvalue weighted by molar-refractivity contribution is -0.140. The summed E-state index contributed by atoms with van der Waals surface area (Å²) in [5.41, 5.74) is -3.71. The highest BCUT2D eigenvalue weighted by Crippen LogP contribution is 2.45. The van der Waals surface area contributed by atoms with Crippen molar-refractivity contribution in [3.8, 4) is 34.4 Å². The van der Waals surface area contributed by atoms with E-state index in [0.717, 1.165) is 24.3 Å². The molecule has 0 saturated heterocycles. The maximum Gasteiger partial charge on any atom is 0.417 e. The number of hydrogen-bond donors (Lipinski definition) is 2. The number of sulfone groups is 2. The molecule has 8 rings (SSSR count). The van der Waals surface area contributed by atoms with Crippen molar-refractivity contribution < 1.29 is 62.2 Å². The van der Waals surface area contributed by atoms with Gasteiger partial charge in [0, 0.05) is 50.1 Å². The lowest BCUT2D eigenvalue weighted by Gasteiger charge is -2.19. The van der Waals surface area contributed by atoms with Gasteiger partial charge in [-0.3, -0.25) is 19.6 Å². The number of amides is 2. The molecular weight excluding hydrogens is 1010 g/mol. The predicted molar refractivity (Wildman–Crippen MR) is 240 cm³/mol. The Balaban J connectivity index is 0.000000206. The van der Waals surface area contributed by atoms with Crippen molar-refractivity contribution in [3.63, 3.8) is 0 Å². The van der Waals surface area contributed by atoms with E-state index < -0.39 is 110 Å². The fraction of sp³-hybridized carbons (Fsp3) is 0.435. The summed E-state index contributed by atoms with van der Waals surface area (Å²) in [5.74, 6) is -2.88. The number of methoxy groups -OCH3 is 2. The van der Waals surface area contributed by atoms with Crippen LogP contribution in [0.3, 0.4) is 0 Å². The molecule has 2 aromatic carbocycles. The molecule has 4 aliphatic carbocycles. The number of nitriles is 2. The van der Waals surface area contributed by atoms with Gasteiger partial charge in [0.1, 0.15) is 11.1 Å². The molecule has 0 aliphatic heterocycles. The lowest BCUT2D eigenvalue weighted by Crippen LogP contribution is -2.42. The van der Waals surface area contributed by atoms with Gasteiger partial charge in [0.05, 0.1) is 77.6 Å². The van der Waals surface area contributed by atoms with Gasteiger partial charge in [-0.1, -0.05) is 35.3 Å². The zero-order valence-electron chi connectivity index (χ0n) is 36.9. The minimum Gasteiger partial charge on any atom is -0.381 e. The minimum absolute atomic E-state index is 0.107. The number of nitrogens with zero attached hydrogens (tertiary/aromatic N) is 4. The molecule has 2 heterocycles. The standard InChI is InChI=1S/2C23H21ClF3N3O4S/c2*1-34-19-9-16(8-17(19)21(31)30-22(12-28)4-5-22)35(32,33)20-3-2-13(7-18(20)23(25,26)27)14-6-15(24)11-29-10-14/h2*2-3,6-7,10-11,16-17,19H,4-5,8-9H2,1H3,(H,30,31)/t2*16-,17-,19-/m10/s1. The van der Waals surface area contributed by atoms with Crippen molar-refractivity contribution in [3.05, 3.63) is 94.5 Å². The maximum atomic E-state index is 14.0. The molecule has 4 aliphatic rings. The Labute approximate surface area is 408 Å². The van der Waals surface area contributed by atoms with Crippen LogP contribution >= 0.6 is 23.2 Å². The van der Waals surface area contributed by atoms with Gasteiger partial charge >= 0.3 is 12.4 Å². The Hall–Kier alpha value is -5.36. The van der Waals surface area contributed by atoms with Crippen molar-refractivity contribution in [1.29, 1.82) is 10.5 Å². The van der Waals surface area contributed by atoms with Crippen LogP contribution in [0, 0.1) is 34.5 Å². The molecule has 4 fully saturated rings. The number of carbonyl (C=O) groups is 2. The van der Waals surface area contributed by atoms with Crippen molar-refractivity contribution >= 4 is 54.7 Å². The third-order valence-corrected chi connectivity index (χ3v) is 17.9. The lowest BCUT2D eigenvalue weighted by atomic mass is 10.0. The Kier molecular flexibility index (Phi) is 14.8. The van der Waals surface area contributed by atoms with Crippen molar-refractivity contribution in [1.82, 2.24) is 20.6 Å². The smallest absolute Gasteiger partial charge is 0.381 e. The summed E-state index contributed by atoms with van der Waals surface area (Å²) < 4.78 is 148. The van der Waals surface area contributed by atoms with Crippen LogP contribution in [0.25, 0.3) is 22.3 Å². The summed E-state index contributed by atoms with van der Waals surface area (Å²) in [6, 6.07) is 12.8. The number of benzene rings is 2. The summed E-state index contributed by atoms with van der Waals surface area (Å²) in [6.07, 6.45) is -4.98. The minimum atomic E-state index is -4.95. The van der Waals surface area contributed by atoms with Crippen molar-refractivity contribution in [2.45, 2.75) is 107 Å². The number of pyridine rings is 2. The number of ether oxygens (including phenoxy) is 2. The molecule has 2 aromatic heterocycles. The zero-order chi connectivity index (χ0) is 51.2. The highest BCUT2D eigenvalue weighted by atomic mass is 35.5. The number of nitrogens with one attached hydrogen (secondary N) is 2. The summed E-state index contributed by atoms with van der Waals surface area (Å²) in [4.78, 5) is 31.5. The Bertz CT molecular complexity index is 2810. The average Bonchev–Trinajstić information content (AvgIpc) is 4.16. The summed E-state index contributed by atoms with van der Waals surface area (Å²) in [7, 11) is -6.36. The number of halogens is 8. The summed E-state index contributed by atoms with van der Waals surface area (Å²) in [6.45, 7) is 0. The first kappa shape index (κ1) is 52.5. The highest BCUT2D eigenvalue weighted by Gasteiger charge is 2.53. The molecule has 0 radical (unpaired) electrons. The number of rotatable bonds is 12. The fourth-order valence-electron chi connectivity index (χ4n) is 8.78. The Morgan fingerprint density at radius 3 is 1.26 bits per heavy atom. The first-order valence-corrected chi connectivity index (χ1v) is 25.3.